The number of carboxylic acids is 4. The second-order valence-corrected chi connectivity index (χ2v) is 22.1. The van der Waals surface area contributed by atoms with Crippen LogP contribution in [0.15, 0.2) is 35.3 Å². The molecule has 1 rings (SSSR count). The topological polar surface area (TPSA) is 542 Å². The molecule has 0 unspecified atom stereocenters. The molecule has 0 fully saturated rings. The molecule has 1 aromatic carbocycles. The molecule has 0 saturated carbocycles. The van der Waals surface area contributed by atoms with Crippen LogP contribution in [0.4, 0.5) is 0 Å². The van der Waals surface area contributed by atoms with Crippen molar-refractivity contribution in [3.05, 3.63) is 35.9 Å². The molecule has 0 aliphatic heterocycles. The number of aliphatic carboxylic acids is 4. The minimum atomic E-state index is -2.07. The Bertz CT molecular complexity index is 2520. The van der Waals surface area contributed by atoms with E-state index in [1.807, 2.05) is 0 Å². The van der Waals surface area contributed by atoms with Gasteiger partial charge in [0, 0.05) is 19.4 Å². The Morgan fingerprint density at radius 3 is 1.33 bits per heavy atom. The molecule has 0 aromatic heterocycles. The van der Waals surface area contributed by atoms with E-state index >= 15 is 0 Å². The summed E-state index contributed by atoms with van der Waals surface area (Å²) in [5.74, 6) is -16.9. The number of carbonyl (C=O) groups excluding carboxylic acids is 9. The van der Waals surface area contributed by atoms with E-state index in [9.17, 15) is 93.0 Å². The van der Waals surface area contributed by atoms with Crippen LogP contribution in [0.3, 0.4) is 0 Å². The summed E-state index contributed by atoms with van der Waals surface area (Å²) in [7, 11) is 0. The van der Waals surface area contributed by atoms with Crippen molar-refractivity contribution in [1.29, 1.82) is 0 Å². The molecule has 0 radical (unpaired) electrons. The van der Waals surface area contributed by atoms with Gasteiger partial charge in [-0.05, 0) is 81.8 Å². The van der Waals surface area contributed by atoms with Crippen LogP contribution in [0.1, 0.15) is 105 Å². The maximum absolute atomic E-state index is 14.3. The molecule has 86 heavy (non-hydrogen) atoms. The second kappa shape index (κ2) is 38.7. The average Bonchev–Trinajstić information content (AvgIpc) is 3.61. The maximum Gasteiger partial charge on any atom is 0.326 e. The van der Waals surface area contributed by atoms with Gasteiger partial charge in [0.2, 0.25) is 53.2 Å². The zero-order chi connectivity index (χ0) is 65.5. The predicted octanol–water partition coefficient (Wildman–Crippen LogP) is -4.52. The molecule has 1 aromatic rings. The summed E-state index contributed by atoms with van der Waals surface area (Å²) in [6.07, 6.45) is -5.66. The van der Waals surface area contributed by atoms with Crippen LogP contribution in [0.2, 0.25) is 0 Å². The van der Waals surface area contributed by atoms with Gasteiger partial charge in [-0.1, -0.05) is 58.0 Å². The first-order valence-corrected chi connectivity index (χ1v) is 28.9. The van der Waals surface area contributed by atoms with Crippen molar-refractivity contribution in [2.24, 2.45) is 34.0 Å². The summed E-state index contributed by atoms with van der Waals surface area (Å²) in [5, 5.41) is 80.7. The molecule has 21 N–H and O–H groups in total. The Morgan fingerprint density at radius 1 is 0.488 bits per heavy atom. The lowest BCUT2D eigenvalue weighted by Crippen LogP contribution is -2.62. The SMILES string of the molecule is CSCC[C@H](NC(=O)[C@H](CC(=O)O)NC(=O)[C@@H](N)CCCN=C(N)N)C(=O)N[C@@H](Cc1ccccc1)C(=O)N[C@H](C(=O)N[C@@H](CC(C)C)C(=O)N[C@@H](CCC(=O)O)C(=O)N[C@@H](CC(=O)O)C(=O)N[C@H](C(=O)N[C@@H](CC(C)C)C(=O)O)[C@@H](C)O)[C@@H](C)O. The molecule has 0 aliphatic carbocycles. The van der Waals surface area contributed by atoms with Gasteiger partial charge in [-0.25, -0.2) is 4.79 Å². The van der Waals surface area contributed by atoms with E-state index < -0.39 is 181 Å². The van der Waals surface area contributed by atoms with Gasteiger partial charge in [0.05, 0.1) is 31.1 Å². The number of hydrogen-bond donors (Lipinski definition) is 18. The number of nitrogens with two attached hydrogens (primary N) is 3. The van der Waals surface area contributed by atoms with Crippen LogP contribution in [-0.4, -0.2) is 205 Å². The van der Waals surface area contributed by atoms with E-state index in [2.05, 4.69) is 52.8 Å². The van der Waals surface area contributed by atoms with Gasteiger partial charge in [-0.15, -0.1) is 0 Å². The van der Waals surface area contributed by atoms with E-state index in [1.54, 1.807) is 64.3 Å². The van der Waals surface area contributed by atoms with Crippen molar-refractivity contribution in [3.8, 4) is 0 Å². The molecule has 12 atom stereocenters. The molecule has 0 saturated heterocycles. The quantitative estimate of drug-likeness (QED) is 0.0167. The normalized spacial score (nSPS) is 15.3. The summed E-state index contributed by atoms with van der Waals surface area (Å²) in [6.45, 7) is 8.89. The molecule has 0 aliphatic rings. The van der Waals surface area contributed by atoms with E-state index in [-0.39, 0.29) is 62.7 Å². The van der Waals surface area contributed by atoms with Gasteiger partial charge >= 0.3 is 23.9 Å². The number of nitrogens with zero attached hydrogens (tertiary/aromatic N) is 1. The number of guanidine groups is 1. The molecule has 0 heterocycles. The lowest BCUT2D eigenvalue weighted by molar-refractivity contribution is -0.144. The van der Waals surface area contributed by atoms with Crippen molar-refractivity contribution in [2.45, 2.75) is 178 Å². The third-order valence-electron chi connectivity index (χ3n) is 12.6. The number of nitrogens with one attached hydrogen (secondary N) is 9. The van der Waals surface area contributed by atoms with Crippen LogP contribution in [0.5, 0.6) is 0 Å². The van der Waals surface area contributed by atoms with Crippen LogP contribution >= 0.6 is 11.8 Å². The molecule has 482 valence electrons. The lowest BCUT2D eigenvalue weighted by Gasteiger charge is -2.29. The maximum atomic E-state index is 14.3. The third kappa shape index (κ3) is 29.6. The van der Waals surface area contributed by atoms with Gasteiger partial charge in [-0.3, -0.25) is 62.5 Å². The fourth-order valence-electron chi connectivity index (χ4n) is 8.12. The van der Waals surface area contributed by atoms with Crippen LogP contribution < -0.4 is 65.1 Å². The number of carboxylic acid groups (broad SMARTS) is 4. The smallest absolute Gasteiger partial charge is 0.326 e. The second-order valence-electron chi connectivity index (χ2n) is 21.1. The van der Waals surface area contributed by atoms with Gasteiger partial charge in [0.25, 0.3) is 0 Å². The number of amides is 9. The molecule has 33 heteroatoms. The number of thioether (sulfide) groups is 1. The number of benzene rings is 1. The zero-order valence-electron chi connectivity index (χ0n) is 49.0. The first-order valence-electron chi connectivity index (χ1n) is 27.5. The highest BCUT2D eigenvalue weighted by atomic mass is 32.2. The molecule has 0 bridgehead atoms. The Kier molecular flexibility index (Phi) is 34.1. The van der Waals surface area contributed by atoms with Crippen molar-refractivity contribution in [2.75, 3.05) is 18.6 Å². The van der Waals surface area contributed by atoms with Crippen molar-refractivity contribution < 1.29 is 93.0 Å². The van der Waals surface area contributed by atoms with Gasteiger partial charge in [0.1, 0.15) is 54.4 Å². The molecular formula is C53H85N13O19S. The van der Waals surface area contributed by atoms with E-state index in [0.29, 0.717) is 5.56 Å². The predicted molar refractivity (Wildman–Crippen MR) is 310 cm³/mol. The number of hydrogen-bond acceptors (Lipinski definition) is 18. The van der Waals surface area contributed by atoms with Crippen molar-refractivity contribution >= 4 is 94.8 Å². The fraction of sp³-hybridized carbons (Fsp3) is 0.623. The van der Waals surface area contributed by atoms with Crippen molar-refractivity contribution in [1.82, 2.24) is 47.9 Å². The van der Waals surface area contributed by atoms with Crippen LogP contribution in [-0.2, 0) is 68.7 Å². The monoisotopic (exact) mass is 1240 g/mol. The van der Waals surface area contributed by atoms with Crippen molar-refractivity contribution in [3.63, 3.8) is 0 Å². The average molecular weight is 1240 g/mol. The largest absolute Gasteiger partial charge is 0.481 e. The zero-order valence-corrected chi connectivity index (χ0v) is 49.8. The van der Waals surface area contributed by atoms with Crippen LogP contribution in [0.25, 0.3) is 0 Å². The highest BCUT2D eigenvalue weighted by Gasteiger charge is 2.38. The van der Waals surface area contributed by atoms with Gasteiger partial charge in [-0.2, -0.15) is 11.8 Å². The number of aliphatic hydroxyl groups excluding tert-OH is 2. The number of rotatable bonds is 41. The Morgan fingerprint density at radius 2 is 0.884 bits per heavy atom. The van der Waals surface area contributed by atoms with Gasteiger partial charge in [0.15, 0.2) is 5.96 Å². The summed E-state index contributed by atoms with van der Waals surface area (Å²) < 4.78 is 0. The molecule has 32 nitrogen and oxygen atoms in total. The molecular weight excluding hydrogens is 1150 g/mol. The number of carbonyl (C=O) groups is 13. The number of aliphatic imine (C=N–C) groups is 1. The Hall–Kier alpha value is -8.17. The highest BCUT2D eigenvalue weighted by molar-refractivity contribution is 7.98. The van der Waals surface area contributed by atoms with E-state index in [0.717, 1.165) is 13.8 Å². The summed E-state index contributed by atoms with van der Waals surface area (Å²) >= 11 is 1.27. The van der Waals surface area contributed by atoms with Crippen LogP contribution in [0, 0.1) is 11.8 Å². The minimum absolute atomic E-state index is 0.0420. The van der Waals surface area contributed by atoms with E-state index in [4.69, 9.17) is 17.2 Å². The Balaban J connectivity index is 3.58. The van der Waals surface area contributed by atoms with E-state index in [1.165, 1.54) is 11.8 Å². The third-order valence-corrected chi connectivity index (χ3v) is 13.2. The molecule has 9 amide bonds. The molecule has 0 spiro atoms. The standard InChI is InChI=1S/C53H85N13O19S/c1-25(2)20-33(46(78)58-31(15-16-38(69)70)44(76)62-36(24-40(73)74)49(81)66-42(28(6)68)51(83)64-37(52(84)85)21-26(3)4)63-50(82)41(27(5)67)65-48(80)34(22-29-12-9-8-10-13-29)61-45(77)32(17-19-86-7)59-47(79)35(23-39(71)72)60-43(75)30(54)14-11-18-57-53(55)56/h8-10,12-13,25-28,30-37,41-42,67-68H,11,14-24,54H2,1-7H3,(H,58,78)(H,59,79)(H,60,75)(H,61,77)(H,62,76)(H,63,82)(H,64,83)(H,65,80)(H,66,81)(H,69,70)(H,71,72)(H,73,74)(H,84,85)(H4,55,56,57)/t27-,28-,30+,31+,32+,33+,34+,35+,36+,37+,41+,42+/m1/s1. The Labute approximate surface area is 500 Å². The lowest BCUT2D eigenvalue weighted by atomic mass is 10.0. The number of aliphatic hydroxyl groups is 2. The summed E-state index contributed by atoms with van der Waals surface area (Å²) in [5.41, 5.74) is 17.1. The first kappa shape index (κ1) is 75.8. The summed E-state index contributed by atoms with van der Waals surface area (Å²) in [4.78, 5) is 175. The first-order chi connectivity index (χ1) is 40.2. The minimum Gasteiger partial charge on any atom is -0.481 e. The highest BCUT2D eigenvalue weighted by Crippen LogP contribution is 2.13. The van der Waals surface area contributed by atoms with Gasteiger partial charge < -0.3 is 95.7 Å². The summed E-state index contributed by atoms with van der Waals surface area (Å²) in [6, 6.07) is -8.70. The fourth-order valence-corrected chi connectivity index (χ4v) is 8.59.